The summed E-state index contributed by atoms with van der Waals surface area (Å²) in [6.07, 6.45) is 1.75. The van der Waals surface area contributed by atoms with E-state index in [9.17, 15) is 18.4 Å². The zero-order valence-corrected chi connectivity index (χ0v) is 19.2. The van der Waals surface area contributed by atoms with E-state index in [4.69, 9.17) is 19.3 Å². The van der Waals surface area contributed by atoms with Crippen LogP contribution in [0.5, 0.6) is 5.75 Å². The van der Waals surface area contributed by atoms with Crippen molar-refractivity contribution >= 4 is 17.7 Å². The minimum absolute atomic E-state index is 0.119. The second kappa shape index (κ2) is 13.9. The zero-order valence-electron chi connectivity index (χ0n) is 19.2. The molecule has 0 heterocycles. The third-order valence-electron chi connectivity index (χ3n) is 4.75. The Kier molecular flexibility index (Phi) is 11.0. The summed E-state index contributed by atoms with van der Waals surface area (Å²) in [7, 11) is 0. The van der Waals surface area contributed by atoms with Gasteiger partial charge in [0, 0.05) is 11.6 Å². The van der Waals surface area contributed by atoms with Crippen LogP contribution in [-0.4, -0.2) is 37.0 Å². The number of amides is 1. The van der Waals surface area contributed by atoms with E-state index in [0.717, 1.165) is 12.1 Å². The molecule has 0 aliphatic heterocycles. The molecule has 0 saturated heterocycles. The first-order valence-electron chi connectivity index (χ1n) is 10.9. The van der Waals surface area contributed by atoms with Gasteiger partial charge in [-0.05, 0) is 62.9 Å². The Bertz CT molecular complexity index is 978. The van der Waals surface area contributed by atoms with Crippen LogP contribution >= 0.6 is 0 Å². The fourth-order valence-electron chi connectivity index (χ4n) is 3.05. The van der Waals surface area contributed by atoms with Crippen molar-refractivity contribution in [3.05, 3.63) is 71.3 Å². The van der Waals surface area contributed by atoms with Crippen LogP contribution in [0, 0.1) is 11.6 Å². The Morgan fingerprint density at radius 2 is 1.88 bits per heavy atom. The van der Waals surface area contributed by atoms with Gasteiger partial charge in [0.25, 0.3) is 0 Å². The molecule has 0 radical (unpaired) electrons. The second-order valence-corrected chi connectivity index (χ2v) is 7.32. The van der Waals surface area contributed by atoms with Gasteiger partial charge in [0.1, 0.15) is 30.1 Å². The van der Waals surface area contributed by atoms with Crippen LogP contribution in [0.3, 0.4) is 0 Å². The average molecular weight is 478 g/mol. The van der Waals surface area contributed by atoms with Crippen LogP contribution in [0.25, 0.3) is 0 Å². The highest BCUT2D eigenvalue weighted by Gasteiger charge is 2.18. The lowest BCUT2D eigenvalue weighted by molar-refractivity contribution is -0.138. The zero-order chi connectivity index (χ0) is 24.9. The number of nitrogens with one attached hydrogen (secondary N) is 1. The number of rotatable bonds is 12. The van der Waals surface area contributed by atoms with Gasteiger partial charge in [-0.1, -0.05) is 18.2 Å². The number of benzene rings is 2. The van der Waals surface area contributed by atoms with Gasteiger partial charge >= 0.3 is 12.1 Å². The smallest absolute Gasteiger partial charge is 0.412 e. The van der Waals surface area contributed by atoms with Crippen LogP contribution in [0.15, 0.2) is 54.1 Å². The number of halogens is 2. The van der Waals surface area contributed by atoms with Crippen LogP contribution < -0.4 is 10.1 Å². The minimum atomic E-state index is -0.918. The summed E-state index contributed by atoms with van der Waals surface area (Å²) in [4.78, 5) is 24.1. The topological polar surface area (TPSA) is 94.1 Å². The molecule has 2 rings (SSSR count). The van der Waals surface area contributed by atoms with Gasteiger partial charge in [-0.15, -0.1) is 0 Å². The lowest BCUT2D eigenvalue weighted by Gasteiger charge is -2.19. The fraction of sp³-hybridized carbons (Fsp3) is 0.360. The number of hydrogen-bond donors (Lipinski definition) is 2. The largest absolute Gasteiger partial charge is 0.491 e. The summed E-state index contributed by atoms with van der Waals surface area (Å²) < 4.78 is 42.8. The number of carbonyl (C=O) groups excluding carboxylic acids is 2. The van der Waals surface area contributed by atoms with E-state index < -0.39 is 23.8 Å². The number of anilines is 1. The van der Waals surface area contributed by atoms with Crippen molar-refractivity contribution < 1.29 is 37.7 Å². The number of esters is 1. The fourth-order valence-corrected chi connectivity index (χ4v) is 3.05. The molecule has 7 nitrogen and oxygen atoms in total. The predicted molar refractivity (Wildman–Crippen MR) is 122 cm³/mol. The van der Waals surface area contributed by atoms with E-state index in [0.29, 0.717) is 48.8 Å². The second-order valence-electron chi connectivity index (χ2n) is 7.32. The Balaban J connectivity index is 2.07. The van der Waals surface area contributed by atoms with E-state index in [1.54, 1.807) is 44.2 Å². The van der Waals surface area contributed by atoms with Crippen molar-refractivity contribution in [1.82, 2.24) is 0 Å². The lowest BCUT2D eigenvalue weighted by atomic mass is 10.0. The number of aliphatic hydroxyl groups is 1. The number of carbonyl (C=O) groups is 2. The molecule has 0 aliphatic rings. The number of hydrogen-bond acceptors (Lipinski definition) is 6. The van der Waals surface area contributed by atoms with Gasteiger partial charge in [0.15, 0.2) is 0 Å². The van der Waals surface area contributed by atoms with E-state index in [2.05, 4.69) is 5.32 Å². The molecule has 0 aliphatic carbocycles. The highest BCUT2D eigenvalue weighted by molar-refractivity contribution is 5.87. The third kappa shape index (κ3) is 8.82. The number of unbranched alkanes of at least 4 members (excludes halogenated alkanes) is 1. The molecule has 184 valence electrons. The molecule has 1 atom stereocenters. The van der Waals surface area contributed by atoms with Crippen LogP contribution in [0.1, 0.15) is 44.8 Å². The van der Waals surface area contributed by atoms with E-state index in [1.165, 1.54) is 0 Å². The maximum atomic E-state index is 13.9. The summed E-state index contributed by atoms with van der Waals surface area (Å²) >= 11 is 0. The lowest BCUT2D eigenvalue weighted by Crippen LogP contribution is -2.18. The van der Waals surface area contributed by atoms with E-state index >= 15 is 0 Å². The normalized spacial score (nSPS) is 12.1. The third-order valence-corrected chi connectivity index (χ3v) is 4.75. The Hall–Kier alpha value is -3.46. The maximum absolute atomic E-state index is 13.9. The van der Waals surface area contributed by atoms with Gasteiger partial charge in [0.2, 0.25) is 0 Å². The SMILES string of the molecule is CCOC(=O)/C(C)=C/CCC[C@H](OC(=O)Nc1ccc(F)cc1F)c1ccc(OCCO)cc1. The van der Waals surface area contributed by atoms with Crippen LogP contribution in [0.2, 0.25) is 0 Å². The first-order chi connectivity index (χ1) is 16.3. The highest BCUT2D eigenvalue weighted by atomic mass is 19.1. The molecule has 0 aromatic heterocycles. The molecule has 0 unspecified atom stereocenters. The molecule has 0 spiro atoms. The maximum Gasteiger partial charge on any atom is 0.412 e. The first kappa shape index (κ1) is 26.8. The summed E-state index contributed by atoms with van der Waals surface area (Å²) in [6, 6.07) is 9.62. The molecule has 0 bridgehead atoms. The number of aliphatic hydroxyl groups excluding tert-OH is 1. The molecular weight excluding hydrogens is 448 g/mol. The van der Waals surface area contributed by atoms with Gasteiger partial charge in [0.05, 0.1) is 18.9 Å². The van der Waals surface area contributed by atoms with Crippen molar-refractivity contribution in [3.63, 3.8) is 0 Å². The van der Waals surface area contributed by atoms with E-state index in [-0.39, 0.29) is 24.9 Å². The number of ether oxygens (including phenoxy) is 3. The first-order valence-corrected chi connectivity index (χ1v) is 10.9. The van der Waals surface area contributed by atoms with Crippen molar-refractivity contribution in [2.45, 2.75) is 39.2 Å². The molecule has 34 heavy (non-hydrogen) atoms. The van der Waals surface area contributed by atoms with Gasteiger partial charge in [-0.3, -0.25) is 5.32 Å². The Morgan fingerprint density at radius 3 is 2.53 bits per heavy atom. The van der Waals surface area contributed by atoms with Crippen molar-refractivity contribution in [1.29, 1.82) is 0 Å². The van der Waals surface area contributed by atoms with Crippen LogP contribution in [-0.2, 0) is 14.3 Å². The summed E-state index contributed by atoms with van der Waals surface area (Å²) in [5.74, 6) is -1.51. The molecule has 2 aromatic carbocycles. The van der Waals surface area contributed by atoms with Crippen molar-refractivity contribution in [2.75, 3.05) is 25.1 Å². The van der Waals surface area contributed by atoms with Crippen molar-refractivity contribution in [3.8, 4) is 5.75 Å². The van der Waals surface area contributed by atoms with Gasteiger partial charge < -0.3 is 19.3 Å². The molecule has 2 N–H and O–H groups in total. The summed E-state index contributed by atoms with van der Waals surface area (Å²) in [5, 5.41) is 11.2. The molecular formula is C25H29F2NO6. The quantitative estimate of drug-likeness (QED) is 0.245. The standard InChI is InChI=1S/C25H29F2NO6/c1-3-32-24(30)17(2)6-4-5-7-23(18-8-11-20(12-9-18)33-15-14-29)34-25(31)28-22-13-10-19(26)16-21(22)27/h6,8-13,16,23,29H,3-5,7,14-15H2,1-2H3,(H,28,31)/b17-6+/t23-/m0/s1. The highest BCUT2D eigenvalue weighted by Crippen LogP contribution is 2.27. The monoisotopic (exact) mass is 477 g/mol. The molecule has 1 amide bonds. The van der Waals surface area contributed by atoms with Crippen LogP contribution in [0.4, 0.5) is 19.3 Å². The molecule has 2 aromatic rings. The van der Waals surface area contributed by atoms with Crippen molar-refractivity contribution in [2.24, 2.45) is 0 Å². The Labute approximate surface area is 197 Å². The Morgan fingerprint density at radius 1 is 1.15 bits per heavy atom. The molecule has 0 saturated carbocycles. The van der Waals surface area contributed by atoms with Gasteiger partial charge in [-0.2, -0.15) is 0 Å². The average Bonchev–Trinajstić information content (AvgIpc) is 2.81. The molecule has 9 heteroatoms. The summed E-state index contributed by atoms with van der Waals surface area (Å²) in [5.41, 5.74) is 0.970. The predicted octanol–water partition coefficient (Wildman–Crippen LogP) is 5.31. The molecule has 0 fully saturated rings. The van der Waals surface area contributed by atoms with E-state index in [1.807, 2.05) is 0 Å². The summed E-state index contributed by atoms with van der Waals surface area (Å²) in [6.45, 7) is 3.73. The van der Waals surface area contributed by atoms with Gasteiger partial charge in [-0.25, -0.2) is 18.4 Å². The number of allylic oxidation sites excluding steroid dienone is 1. The minimum Gasteiger partial charge on any atom is -0.491 e.